The van der Waals surface area contributed by atoms with E-state index in [4.69, 9.17) is 0 Å². The summed E-state index contributed by atoms with van der Waals surface area (Å²) in [7, 11) is 1.61. The van der Waals surface area contributed by atoms with E-state index in [1.165, 1.54) is 18.2 Å². The third kappa shape index (κ3) is 4.48. The van der Waals surface area contributed by atoms with Gasteiger partial charge in [0.05, 0.1) is 11.3 Å². The average Bonchev–Trinajstić information content (AvgIpc) is 3.19. The van der Waals surface area contributed by atoms with E-state index < -0.39 is 17.8 Å². The molecule has 0 radical (unpaired) electrons. The molecule has 0 aromatic heterocycles. The molecule has 2 N–H and O–H groups in total. The van der Waals surface area contributed by atoms with Crippen LogP contribution in [-0.2, 0) is 6.18 Å². The van der Waals surface area contributed by atoms with E-state index in [-0.39, 0.29) is 17.3 Å². The van der Waals surface area contributed by atoms with Crippen LogP contribution in [0.4, 0.5) is 28.4 Å². The van der Waals surface area contributed by atoms with Gasteiger partial charge in [-0.1, -0.05) is 19.1 Å². The van der Waals surface area contributed by atoms with Gasteiger partial charge in [0, 0.05) is 51.9 Å². The maximum absolute atomic E-state index is 13.2. The van der Waals surface area contributed by atoms with Crippen molar-refractivity contribution in [1.82, 2.24) is 20.0 Å². The Labute approximate surface area is 174 Å². The van der Waals surface area contributed by atoms with Crippen molar-refractivity contribution in [1.29, 1.82) is 0 Å². The molecule has 2 fully saturated rings. The minimum atomic E-state index is -4.53. The van der Waals surface area contributed by atoms with Crippen LogP contribution in [0.3, 0.4) is 0 Å². The Morgan fingerprint density at radius 3 is 2.30 bits per heavy atom. The van der Waals surface area contributed by atoms with Crippen LogP contribution in [0.25, 0.3) is 0 Å². The van der Waals surface area contributed by atoms with Crippen molar-refractivity contribution in [2.24, 2.45) is 0 Å². The van der Waals surface area contributed by atoms with Gasteiger partial charge in [-0.05, 0) is 25.0 Å². The number of likely N-dealkylation sites (tertiary alicyclic amines) is 1. The summed E-state index contributed by atoms with van der Waals surface area (Å²) in [5, 5.41) is 5.07. The third-order valence-electron chi connectivity index (χ3n) is 6.20. The minimum Gasteiger partial charge on any atom is -0.341 e. The molecule has 0 saturated carbocycles. The predicted octanol–water partition coefficient (Wildman–Crippen LogP) is 3.05. The Morgan fingerprint density at radius 1 is 1.03 bits per heavy atom. The molecule has 2 aliphatic heterocycles. The quantitative estimate of drug-likeness (QED) is 0.779. The maximum atomic E-state index is 13.2. The molecule has 0 aliphatic carbocycles. The Balaban J connectivity index is 1.61. The molecule has 2 heterocycles. The molecule has 4 amide bonds. The third-order valence-corrected chi connectivity index (χ3v) is 6.20. The molecule has 1 unspecified atom stereocenters. The van der Waals surface area contributed by atoms with E-state index in [0.717, 1.165) is 18.9 Å². The van der Waals surface area contributed by atoms with Crippen LogP contribution < -0.4 is 10.6 Å². The molecule has 2 saturated heterocycles. The topological polar surface area (TPSA) is 67.9 Å². The molecular weight excluding hydrogens is 399 g/mol. The van der Waals surface area contributed by atoms with Gasteiger partial charge in [-0.3, -0.25) is 4.90 Å². The van der Waals surface area contributed by atoms with Crippen molar-refractivity contribution >= 4 is 17.7 Å². The number of para-hydroxylation sites is 1. The molecule has 166 valence electrons. The first-order valence-electron chi connectivity index (χ1n) is 10.1. The van der Waals surface area contributed by atoms with Gasteiger partial charge in [0.2, 0.25) is 0 Å². The number of alkyl halides is 3. The standard InChI is InChI=1S/C20H28F3N5O2/c1-3-19(8-9-27(14-19)17(29)24-2)28-12-10-26(11-13-28)18(30)25-16-7-5-4-6-15(16)20(21,22)23/h4-7H,3,8-14H2,1-2H3,(H,24,29)(H,25,30). The number of piperazine rings is 1. The van der Waals surface area contributed by atoms with E-state index in [9.17, 15) is 22.8 Å². The summed E-state index contributed by atoms with van der Waals surface area (Å²) in [6.45, 7) is 5.48. The normalized spacial score (nSPS) is 22.8. The number of nitrogens with one attached hydrogen (secondary N) is 2. The second-order valence-electron chi connectivity index (χ2n) is 7.75. The number of amides is 4. The smallest absolute Gasteiger partial charge is 0.341 e. The minimum absolute atomic E-state index is 0.0910. The summed E-state index contributed by atoms with van der Waals surface area (Å²) in [4.78, 5) is 30.2. The number of nitrogens with zero attached hydrogens (tertiary/aromatic N) is 3. The molecule has 0 spiro atoms. The van der Waals surface area contributed by atoms with Crippen LogP contribution in [0.15, 0.2) is 24.3 Å². The van der Waals surface area contributed by atoms with Crippen LogP contribution in [-0.4, -0.2) is 78.6 Å². The van der Waals surface area contributed by atoms with Gasteiger partial charge < -0.3 is 20.4 Å². The fourth-order valence-corrected chi connectivity index (χ4v) is 4.38. The highest BCUT2D eigenvalue weighted by molar-refractivity contribution is 5.90. The molecule has 1 atom stereocenters. The lowest BCUT2D eigenvalue weighted by atomic mass is 9.92. The number of halogens is 3. The first-order valence-corrected chi connectivity index (χ1v) is 10.1. The van der Waals surface area contributed by atoms with Gasteiger partial charge >= 0.3 is 18.2 Å². The lowest BCUT2D eigenvalue weighted by Crippen LogP contribution is -2.59. The Kier molecular flexibility index (Phi) is 6.44. The highest BCUT2D eigenvalue weighted by Gasteiger charge is 2.44. The van der Waals surface area contributed by atoms with Crippen molar-refractivity contribution in [3.8, 4) is 0 Å². The Bertz CT molecular complexity index is 780. The van der Waals surface area contributed by atoms with Gasteiger partial charge in [0.1, 0.15) is 0 Å². The van der Waals surface area contributed by atoms with Crippen molar-refractivity contribution in [3.63, 3.8) is 0 Å². The van der Waals surface area contributed by atoms with E-state index in [0.29, 0.717) is 39.3 Å². The summed E-state index contributed by atoms with van der Waals surface area (Å²) >= 11 is 0. The van der Waals surface area contributed by atoms with Crippen molar-refractivity contribution in [2.45, 2.75) is 31.5 Å². The second kappa shape index (κ2) is 8.71. The van der Waals surface area contributed by atoms with Crippen molar-refractivity contribution < 1.29 is 22.8 Å². The van der Waals surface area contributed by atoms with Crippen LogP contribution in [0.2, 0.25) is 0 Å². The van der Waals surface area contributed by atoms with Crippen LogP contribution in [0.1, 0.15) is 25.3 Å². The lowest BCUT2D eigenvalue weighted by molar-refractivity contribution is -0.136. The molecule has 0 bridgehead atoms. The van der Waals surface area contributed by atoms with Crippen LogP contribution >= 0.6 is 0 Å². The maximum Gasteiger partial charge on any atom is 0.418 e. The fraction of sp³-hybridized carbons (Fsp3) is 0.600. The zero-order valence-corrected chi connectivity index (χ0v) is 17.3. The molecular formula is C20H28F3N5O2. The largest absolute Gasteiger partial charge is 0.418 e. The molecule has 30 heavy (non-hydrogen) atoms. The van der Waals surface area contributed by atoms with Gasteiger partial charge in [-0.2, -0.15) is 13.2 Å². The van der Waals surface area contributed by atoms with E-state index in [1.54, 1.807) is 16.8 Å². The van der Waals surface area contributed by atoms with Crippen molar-refractivity contribution in [2.75, 3.05) is 51.6 Å². The molecule has 2 aliphatic rings. The highest BCUT2D eigenvalue weighted by atomic mass is 19.4. The summed E-state index contributed by atoms with van der Waals surface area (Å²) < 4.78 is 39.5. The van der Waals surface area contributed by atoms with Crippen LogP contribution in [0.5, 0.6) is 0 Å². The number of urea groups is 2. The fourth-order valence-electron chi connectivity index (χ4n) is 4.38. The second-order valence-corrected chi connectivity index (χ2v) is 7.75. The number of hydrogen-bond acceptors (Lipinski definition) is 3. The molecule has 7 nitrogen and oxygen atoms in total. The van der Waals surface area contributed by atoms with Crippen LogP contribution in [0, 0.1) is 0 Å². The summed E-state index contributed by atoms with van der Waals surface area (Å²) in [5.74, 6) is 0. The SMILES string of the molecule is CCC1(N2CCN(C(=O)Nc3ccccc3C(F)(F)F)CC2)CCN(C(=O)NC)C1. The highest BCUT2D eigenvalue weighted by Crippen LogP contribution is 2.35. The predicted molar refractivity (Wildman–Crippen MR) is 107 cm³/mol. The summed E-state index contributed by atoms with van der Waals surface area (Å²) in [6.07, 6.45) is -2.79. The first kappa shape index (κ1) is 22.2. The summed E-state index contributed by atoms with van der Waals surface area (Å²) in [6, 6.07) is 4.35. The Hall–Kier alpha value is -2.49. The first-order chi connectivity index (χ1) is 14.2. The van der Waals surface area contributed by atoms with E-state index >= 15 is 0 Å². The van der Waals surface area contributed by atoms with E-state index in [1.807, 2.05) is 0 Å². The lowest BCUT2D eigenvalue weighted by Gasteiger charge is -2.45. The molecule has 1 aromatic carbocycles. The van der Waals surface area contributed by atoms with Gasteiger partial charge in [0.15, 0.2) is 0 Å². The zero-order chi connectivity index (χ0) is 21.9. The van der Waals surface area contributed by atoms with Gasteiger partial charge in [-0.15, -0.1) is 0 Å². The number of carbonyl (C=O) groups is 2. The molecule has 1 aromatic rings. The molecule has 3 rings (SSSR count). The number of benzene rings is 1. The number of hydrogen-bond donors (Lipinski definition) is 2. The summed E-state index contributed by atoms with van der Waals surface area (Å²) in [5.41, 5.74) is -1.22. The van der Waals surface area contributed by atoms with Gasteiger partial charge in [0.25, 0.3) is 0 Å². The molecule has 10 heteroatoms. The Morgan fingerprint density at radius 2 is 1.70 bits per heavy atom. The number of rotatable bonds is 3. The monoisotopic (exact) mass is 427 g/mol. The van der Waals surface area contributed by atoms with Crippen molar-refractivity contribution in [3.05, 3.63) is 29.8 Å². The average molecular weight is 427 g/mol. The van der Waals surface area contributed by atoms with E-state index in [2.05, 4.69) is 22.5 Å². The number of carbonyl (C=O) groups excluding carboxylic acids is 2. The van der Waals surface area contributed by atoms with Gasteiger partial charge in [-0.25, -0.2) is 9.59 Å². The number of anilines is 1. The zero-order valence-electron chi connectivity index (χ0n) is 17.3.